The predicted molar refractivity (Wildman–Crippen MR) is 101 cm³/mol. The van der Waals surface area contributed by atoms with Crippen molar-refractivity contribution in [2.45, 2.75) is 33.7 Å². The summed E-state index contributed by atoms with van der Waals surface area (Å²) >= 11 is 0. The summed E-state index contributed by atoms with van der Waals surface area (Å²) in [5.41, 5.74) is 0.727. The van der Waals surface area contributed by atoms with Crippen molar-refractivity contribution in [3.05, 3.63) is 36.4 Å². The predicted octanol–water partition coefficient (Wildman–Crippen LogP) is 2.53. The molecule has 0 bridgehead atoms. The fourth-order valence-electron chi connectivity index (χ4n) is 2.36. The number of nitrogens with zero attached hydrogens (tertiary/aromatic N) is 1. The van der Waals surface area contributed by atoms with Crippen LogP contribution in [0.25, 0.3) is 0 Å². The molecule has 0 spiro atoms. The van der Waals surface area contributed by atoms with Crippen molar-refractivity contribution in [3.8, 4) is 0 Å². The van der Waals surface area contributed by atoms with Gasteiger partial charge in [0.1, 0.15) is 6.29 Å². The largest absolute Gasteiger partial charge is 0.328 e. The van der Waals surface area contributed by atoms with Crippen LogP contribution in [-0.2, 0) is 14.4 Å². The van der Waals surface area contributed by atoms with Crippen molar-refractivity contribution in [2.75, 3.05) is 17.3 Å². The van der Waals surface area contributed by atoms with E-state index in [2.05, 4.69) is 10.6 Å². The van der Waals surface area contributed by atoms with Gasteiger partial charge in [0, 0.05) is 24.5 Å². The van der Waals surface area contributed by atoms with Crippen molar-refractivity contribution < 1.29 is 19.2 Å². The molecule has 0 aliphatic rings. The molecule has 0 heterocycles. The van der Waals surface area contributed by atoms with E-state index in [1.807, 2.05) is 20.8 Å². The highest BCUT2D eigenvalue weighted by Crippen LogP contribution is 2.21. The second kappa shape index (κ2) is 8.94. The van der Waals surface area contributed by atoms with Crippen molar-refractivity contribution >= 4 is 35.4 Å². The van der Waals surface area contributed by atoms with Crippen LogP contribution in [0.1, 0.15) is 27.7 Å². The van der Waals surface area contributed by atoms with E-state index in [-0.39, 0.29) is 11.7 Å². The average Bonchev–Trinajstić information content (AvgIpc) is 2.56. The molecule has 1 aromatic carbocycles. The number of anilines is 2. The molecule has 0 aliphatic heterocycles. The Labute approximate surface area is 153 Å². The van der Waals surface area contributed by atoms with E-state index in [1.165, 1.54) is 17.9 Å². The van der Waals surface area contributed by atoms with Gasteiger partial charge in [-0.25, -0.2) is 4.79 Å². The van der Waals surface area contributed by atoms with Gasteiger partial charge in [-0.15, -0.1) is 0 Å². The lowest BCUT2D eigenvalue weighted by atomic mass is 9.84. The maximum absolute atomic E-state index is 12.1. The van der Waals surface area contributed by atoms with Crippen LogP contribution in [-0.4, -0.2) is 37.1 Å². The van der Waals surface area contributed by atoms with Crippen LogP contribution >= 0.6 is 0 Å². The molecule has 1 unspecified atom stereocenters. The highest BCUT2D eigenvalue weighted by molar-refractivity contribution is 6.02. The number of carbonyl (C=O) groups excluding carboxylic acids is 4. The monoisotopic (exact) mass is 359 g/mol. The minimum absolute atomic E-state index is 0.119. The van der Waals surface area contributed by atoms with Gasteiger partial charge < -0.3 is 15.5 Å². The van der Waals surface area contributed by atoms with Crippen LogP contribution in [0.2, 0.25) is 0 Å². The summed E-state index contributed by atoms with van der Waals surface area (Å²) in [4.78, 5) is 47.3. The van der Waals surface area contributed by atoms with Gasteiger partial charge in [0.15, 0.2) is 5.78 Å². The van der Waals surface area contributed by atoms with Crippen LogP contribution in [0.3, 0.4) is 0 Å². The SMILES string of the molecule is CC(=O)C(NC(=O)Nc1ccc(N(C)C(=O)/C=C\C=O)cc1)C(C)(C)C. The quantitative estimate of drug-likeness (QED) is 0.603. The van der Waals surface area contributed by atoms with Gasteiger partial charge in [0.05, 0.1) is 6.04 Å². The summed E-state index contributed by atoms with van der Waals surface area (Å²) in [6.45, 7) is 7.07. The van der Waals surface area contributed by atoms with E-state index in [4.69, 9.17) is 0 Å². The zero-order valence-corrected chi connectivity index (χ0v) is 15.7. The van der Waals surface area contributed by atoms with Crippen LogP contribution in [0, 0.1) is 5.41 Å². The topological polar surface area (TPSA) is 95.6 Å². The Morgan fingerprint density at radius 2 is 1.69 bits per heavy atom. The molecule has 7 heteroatoms. The Bertz CT molecular complexity index is 702. The number of hydrogen-bond acceptors (Lipinski definition) is 4. The molecule has 0 saturated heterocycles. The first-order valence-electron chi connectivity index (χ1n) is 8.14. The number of amides is 3. The Morgan fingerprint density at radius 1 is 1.12 bits per heavy atom. The van der Waals surface area contributed by atoms with Crippen LogP contribution in [0.4, 0.5) is 16.2 Å². The van der Waals surface area contributed by atoms with E-state index in [0.29, 0.717) is 17.7 Å². The molecule has 7 nitrogen and oxygen atoms in total. The summed E-state index contributed by atoms with van der Waals surface area (Å²) in [5, 5.41) is 5.34. The zero-order valence-electron chi connectivity index (χ0n) is 15.7. The zero-order chi connectivity index (χ0) is 19.9. The molecular weight excluding hydrogens is 334 g/mol. The average molecular weight is 359 g/mol. The van der Waals surface area contributed by atoms with Crippen molar-refractivity contribution in [1.29, 1.82) is 0 Å². The smallest absolute Gasteiger partial charge is 0.319 e. The standard InChI is InChI=1S/C19H25N3O4/c1-13(24)17(19(2,3)4)21-18(26)20-14-8-10-15(11-9-14)22(5)16(25)7-6-12-23/h6-12,17H,1-5H3,(H2,20,21,26)/b7-6-. The molecular formula is C19H25N3O4. The highest BCUT2D eigenvalue weighted by Gasteiger charge is 2.30. The fourth-order valence-corrected chi connectivity index (χ4v) is 2.36. The van der Waals surface area contributed by atoms with E-state index < -0.39 is 17.5 Å². The third-order valence-electron chi connectivity index (χ3n) is 3.71. The highest BCUT2D eigenvalue weighted by atomic mass is 16.2. The third kappa shape index (κ3) is 6.16. The van der Waals surface area contributed by atoms with Crippen LogP contribution < -0.4 is 15.5 Å². The van der Waals surface area contributed by atoms with E-state index in [9.17, 15) is 19.2 Å². The second-order valence-corrected chi connectivity index (χ2v) is 6.95. The van der Waals surface area contributed by atoms with E-state index in [0.717, 1.165) is 6.08 Å². The maximum atomic E-state index is 12.1. The van der Waals surface area contributed by atoms with Gasteiger partial charge >= 0.3 is 6.03 Å². The third-order valence-corrected chi connectivity index (χ3v) is 3.71. The first-order valence-corrected chi connectivity index (χ1v) is 8.14. The lowest BCUT2D eigenvalue weighted by Gasteiger charge is -2.29. The molecule has 1 aromatic rings. The van der Waals surface area contributed by atoms with Gasteiger partial charge in [0.25, 0.3) is 5.91 Å². The van der Waals surface area contributed by atoms with Gasteiger partial charge in [-0.05, 0) is 42.7 Å². The number of urea groups is 1. The Hall–Kier alpha value is -2.96. The Balaban J connectivity index is 2.76. The molecule has 0 aliphatic carbocycles. The van der Waals surface area contributed by atoms with Gasteiger partial charge in [-0.1, -0.05) is 20.8 Å². The molecule has 26 heavy (non-hydrogen) atoms. The number of allylic oxidation sites excluding steroid dienone is 1. The van der Waals surface area contributed by atoms with E-state index in [1.54, 1.807) is 31.3 Å². The number of rotatable bonds is 6. The summed E-state index contributed by atoms with van der Waals surface area (Å²) in [7, 11) is 1.58. The Morgan fingerprint density at radius 3 is 2.15 bits per heavy atom. The first kappa shape index (κ1) is 21.1. The van der Waals surface area contributed by atoms with Crippen molar-refractivity contribution in [2.24, 2.45) is 5.41 Å². The first-order chi connectivity index (χ1) is 12.1. The lowest BCUT2D eigenvalue weighted by Crippen LogP contribution is -2.49. The summed E-state index contributed by atoms with van der Waals surface area (Å²) in [6.07, 6.45) is 2.82. The molecule has 3 amide bonds. The van der Waals surface area contributed by atoms with Crippen molar-refractivity contribution in [1.82, 2.24) is 5.32 Å². The molecule has 0 aromatic heterocycles. The molecule has 2 N–H and O–H groups in total. The molecule has 0 saturated carbocycles. The minimum Gasteiger partial charge on any atom is -0.328 e. The molecule has 0 fully saturated rings. The molecule has 0 radical (unpaired) electrons. The lowest BCUT2D eigenvalue weighted by molar-refractivity contribution is -0.121. The summed E-state index contributed by atoms with van der Waals surface area (Å²) in [6, 6.07) is 5.52. The van der Waals surface area contributed by atoms with Gasteiger partial charge in [-0.3, -0.25) is 14.4 Å². The summed E-state index contributed by atoms with van der Waals surface area (Å²) < 4.78 is 0. The number of hydrogen-bond donors (Lipinski definition) is 2. The summed E-state index contributed by atoms with van der Waals surface area (Å²) in [5.74, 6) is -0.462. The van der Waals surface area contributed by atoms with Crippen LogP contribution in [0.5, 0.6) is 0 Å². The van der Waals surface area contributed by atoms with Gasteiger partial charge in [0.2, 0.25) is 0 Å². The van der Waals surface area contributed by atoms with Crippen LogP contribution in [0.15, 0.2) is 36.4 Å². The second-order valence-electron chi connectivity index (χ2n) is 6.95. The molecule has 140 valence electrons. The number of ketones is 1. The fraction of sp³-hybridized carbons (Fsp3) is 0.368. The number of carbonyl (C=O) groups is 4. The number of aldehydes is 1. The number of benzene rings is 1. The number of likely N-dealkylation sites (N-methyl/N-ethyl adjacent to an activating group) is 1. The van der Waals surface area contributed by atoms with Crippen molar-refractivity contribution in [3.63, 3.8) is 0 Å². The van der Waals surface area contributed by atoms with Gasteiger partial charge in [-0.2, -0.15) is 0 Å². The maximum Gasteiger partial charge on any atom is 0.319 e. The molecule has 1 atom stereocenters. The molecule has 1 rings (SSSR count). The normalized spacial score (nSPS) is 12.3. The number of nitrogens with one attached hydrogen (secondary N) is 2. The minimum atomic E-state index is -0.602. The Kier molecular flexibility index (Phi) is 7.25. The number of Topliss-reactive ketones (excluding diaryl/α,β-unsaturated/α-hetero) is 1. The van der Waals surface area contributed by atoms with E-state index >= 15 is 0 Å².